The van der Waals surface area contributed by atoms with Crippen LogP contribution in [-0.2, 0) is 11.3 Å². The van der Waals surface area contributed by atoms with Gasteiger partial charge in [-0.15, -0.1) is 5.10 Å². The zero-order chi connectivity index (χ0) is 19.0. The van der Waals surface area contributed by atoms with E-state index in [0.29, 0.717) is 0 Å². The van der Waals surface area contributed by atoms with Gasteiger partial charge in [0.05, 0.1) is 11.6 Å². The molecule has 0 N–H and O–H groups in total. The number of ether oxygens (including phenoxy) is 2. The summed E-state index contributed by atoms with van der Waals surface area (Å²) >= 11 is 0. The van der Waals surface area contributed by atoms with E-state index in [9.17, 15) is 9.18 Å². The van der Waals surface area contributed by atoms with Crippen molar-refractivity contribution in [1.29, 1.82) is 5.26 Å². The van der Waals surface area contributed by atoms with Crippen LogP contribution >= 0.6 is 0 Å². The highest BCUT2D eigenvalue weighted by Gasteiger charge is 2.18. The molecule has 0 aliphatic heterocycles. The monoisotopic (exact) mass is 347 g/mol. The summed E-state index contributed by atoms with van der Waals surface area (Å²) in [5.41, 5.74) is -0.105. The maximum Gasteiger partial charge on any atom is 0.435 e. The van der Waals surface area contributed by atoms with E-state index in [4.69, 9.17) is 14.7 Å². The number of carbonyl (C=O) groups excluding carboxylic acids is 1. The molecule has 0 saturated carbocycles. The molecule has 0 saturated heterocycles. The predicted molar refractivity (Wildman–Crippen MR) is 90.7 cm³/mol. The lowest BCUT2D eigenvalue weighted by Gasteiger charge is -2.18. The Balaban J connectivity index is 0.00000151. The van der Waals surface area contributed by atoms with Crippen LogP contribution in [0, 0.1) is 17.1 Å². The first-order valence-corrected chi connectivity index (χ1v) is 7.89. The van der Waals surface area contributed by atoms with Gasteiger partial charge in [-0.3, -0.25) is 0 Å². The highest BCUT2D eigenvalue weighted by atomic mass is 19.1. The minimum atomic E-state index is -0.629. The number of nitrogens with zero attached hydrogens (tertiary/aromatic N) is 3. The summed E-state index contributed by atoms with van der Waals surface area (Å²) in [6.07, 6.45) is 0.773. The summed E-state index contributed by atoms with van der Waals surface area (Å²) in [7, 11) is 0. The van der Waals surface area contributed by atoms with Crippen LogP contribution in [0.1, 0.15) is 45.7 Å². The minimum absolute atomic E-state index is 0.0666. The summed E-state index contributed by atoms with van der Waals surface area (Å²) in [6.45, 7) is 9.18. The maximum atomic E-state index is 13.7. The first-order chi connectivity index (χ1) is 11.8. The Kier molecular flexibility index (Phi) is 7.12. The van der Waals surface area contributed by atoms with E-state index in [2.05, 4.69) is 5.10 Å². The molecular formula is C18H22FN3O3. The Labute approximate surface area is 146 Å². The number of hydrogen-bond donors (Lipinski definition) is 0. The molecule has 0 fully saturated rings. The van der Waals surface area contributed by atoms with Crippen LogP contribution in [0.15, 0.2) is 30.5 Å². The number of halogens is 1. The van der Waals surface area contributed by atoms with E-state index in [0.717, 1.165) is 10.7 Å². The van der Waals surface area contributed by atoms with Gasteiger partial charge in [0, 0.05) is 17.8 Å². The molecule has 2 aromatic rings. The molecule has 2 rings (SSSR count). The third-order valence-electron chi connectivity index (χ3n) is 2.70. The van der Waals surface area contributed by atoms with Crippen LogP contribution < -0.4 is 4.74 Å². The second-order valence-electron chi connectivity index (χ2n) is 5.79. The van der Waals surface area contributed by atoms with Crippen LogP contribution in [0.3, 0.4) is 0 Å². The standard InChI is InChI=1S/C16H16FN3O3.C2H6/c1-16(2,3)23-15(21)20-7-6-14(19-20)22-10-12-5-4-11(9-18)8-13(12)17;1-2/h4-8H,10H2,1-3H3;1-2H3. The lowest BCUT2D eigenvalue weighted by Crippen LogP contribution is -2.27. The van der Waals surface area contributed by atoms with Gasteiger partial charge < -0.3 is 9.47 Å². The lowest BCUT2D eigenvalue weighted by atomic mass is 10.1. The van der Waals surface area contributed by atoms with Crippen molar-refractivity contribution in [3.8, 4) is 11.9 Å². The third-order valence-corrected chi connectivity index (χ3v) is 2.70. The highest BCUT2D eigenvalue weighted by Crippen LogP contribution is 2.15. The first kappa shape index (κ1) is 20.2. The van der Waals surface area contributed by atoms with Crippen LogP contribution in [0.5, 0.6) is 5.88 Å². The molecule has 0 unspecified atom stereocenters. The molecule has 0 aliphatic rings. The fraction of sp³-hybridized carbons (Fsp3) is 0.389. The van der Waals surface area contributed by atoms with E-state index in [1.165, 1.54) is 24.4 Å². The van der Waals surface area contributed by atoms with Crippen molar-refractivity contribution >= 4 is 6.09 Å². The summed E-state index contributed by atoms with van der Waals surface area (Å²) in [5, 5.41) is 12.6. The van der Waals surface area contributed by atoms with Crippen molar-refractivity contribution in [2.24, 2.45) is 0 Å². The number of benzene rings is 1. The van der Waals surface area contributed by atoms with Crippen molar-refractivity contribution in [2.75, 3.05) is 0 Å². The van der Waals surface area contributed by atoms with Crippen molar-refractivity contribution in [2.45, 2.75) is 46.8 Å². The normalized spacial score (nSPS) is 10.3. The Hall–Kier alpha value is -2.88. The molecule has 0 spiro atoms. The Bertz CT molecular complexity index is 758. The van der Waals surface area contributed by atoms with Crippen molar-refractivity contribution in [3.05, 3.63) is 47.4 Å². The molecule has 134 valence electrons. The summed E-state index contributed by atoms with van der Waals surface area (Å²) in [5.74, 6) is -0.366. The van der Waals surface area contributed by atoms with Gasteiger partial charge >= 0.3 is 6.09 Å². The Morgan fingerprint density at radius 3 is 2.56 bits per heavy atom. The first-order valence-electron chi connectivity index (χ1n) is 7.89. The largest absolute Gasteiger partial charge is 0.472 e. The molecule has 0 atom stereocenters. The zero-order valence-corrected chi connectivity index (χ0v) is 15.0. The van der Waals surface area contributed by atoms with Crippen LogP contribution in [-0.4, -0.2) is 21.5 Å². The number of rotatable bonds is 3. The number of nitriles is 1. The van der Waals surface area contributed by atoms with Crippen LogP contribution in [0.25, 0.3) is 0 Å². The van der Waals surface area contributed by atoms with Crippen molar-refractivity contribution in [3.63, 3.8) is 0 Å². The Morgan fingerprint density at radius 1 is 1.32 bits per heavy atom. The molecule has 0 radical (unpaired) electrons. The van der Waals surface area contributed by atoms with E-state index >= 15 is 0 Å². The molecule has 1 heterocycles. The van der Waals surface area contributed by atoms with Gasteiger partial charge in [0.1, 0.15) is 18.0 Å². The maximum absolute atomic E-state index is 13.7. The average Bonchev–Trinajstić information content (AvgIpc) is 3.03. The van der Waals surface area contributed by atoms with Gasteiger partial charge in [-0.2, -0.15) is 9.94 Å². The van der Waals surface area contributed by atoms with Gasteiger partial charge in [-0.1, -0.05) is 19.9 Å². The second-order valence-corrected chi connectivity index (χ2v) is 5.79. The summed E-state index contributed by atoms with van der Waals surface area (Å²) < 4.78 is 25.2. The molecule has 1 aromatic heterocycles. The number of hydrogen-bond acceptors (Lipinski definition) is 5. The van der Waals surface area contributed by atoms with E-state index in [1.54, 1.807) is 20.8 Å². The van der Waals surface area contributed by atoms with Gasteiger partial charge in [0.15, 0.2) is 0 Å². The molecule has 1 aromatic carbocycles. The molecule has 7 heteroatoms. The van der Waals surface area contributed by atoms with Crippen molar-refractivity contribution in [1.82, 2.24) is 9.78 Å². The highest BCUT2D eigenvalue weighted by molar-refractivity contribution is 5.69. The van der Waals surface area contributed by atoms with Gasteiger partial charge in [-0.05, 0) is 32.9 Å². The fourth-order valence-corrected chi connectivity index (χ4v) is 1.68. The smallest absolute Gasteiger partial charge is 0.435 e. The van der Waals surface area contributed by atoms with Crippen LogP contribution in [0.4, 0.5) is 9.18 Å². The third kappa shape index (κ3) is 6.26. The molecule has 0 aliphatic carbocycles. The average molecular weight is 347 g/mol. The lowest BCUT2D eigenvalue weighted by molar-refractivity contribution is 0.0511. The second kappa shape index (κ2) is 8.83. The van der Waals surface area contributed by atoms with Gasteiger partial charge in [0.25, 0.3) is 0 Å². The topological polar surface area (TPSA) is 77.1 Å². The van der Waals surface area contributed by atoms with Crippen molar-refractivity contribution < 1.29 is 18.7 Å². The SMILES string of the molecule is CC.CC(C)(C)OC(=O)n1ccc(OCc2ccc(C#N)cc2F)n1. The Morgan fingerprint density at radius 2 is 2.00 bits per heavy atom. The number of carbonyl (C=O) groups is 1. The van der Waals surface area contributed by atoms with E-state index in [1.807, 2.05) is 19.9 Å². The summed E-state index contributed by atoms with van der Waals surface area (Å²) in [4.78, 5) is 11.8. The van der Waals surface area contributed by atoms with Gasteiger partial charge in [-0.25, -0.2) is 9.18 Å². The summed E-state index contributed by atoms with van der Waals surface area (Å²) in [6, 6.07) is 7.44. The van der Waals surface area contributed by atoms with E-state index in [-0.39, 0.29) is 23.6 Å². The number of aromatic nitrogens is 2. The predicted octanol–water partition coefficient (Wildman–Crippen LogP) is 4.28. The van der Waals surface area contributed by atoms with Crippen LogP contribution in [0.2, 0.25) is 0 Å². The molecule has 6 nitrogen and oxygen atoms in total. The fourth-order valence-electron chi connectivity index (χ4n) is 1.68. The molecule has 0 bridgehead atoms. The molecule has 0 amide bonds. The minimum Gasteiger partial charge on any atom is -0.472 e. The zero-order valence-electron chi connectivity index (χ0n) is 15.0. The quantitative estimate of drug-likeness (QED) is 0.828. The molecule has 25 heavy (non-hydrogen) atoms. The van der Waals surface area contributed by atoms with Gasteiger partial charge in [0.2, 0.25) is 5.88 Å². The molecular weight excluding hydrogens is 325 g/mol. The van der Waals surface area contributed by atoms with E-state index < -0.39 is 17.5 Å².